The second kappa shape index (κ2) is 9.33. The molecule has 0 radical (unpaired) electrons. The summed E-state index contributed by atoms with van der Waals surface area (Å²) in [6.07, 6.45) is 1.61. The summed E-state index contributed by atoms with van der Waals surface area (Å²) in [7, 11) is 0. The number of carbonyl (C=O) groups is 1. The highest BCUT2D eigenvalue weighted by Crippen LogP contribution is 2.41. The van der Waals surface area contributed by atoms with Crippen LogP contribution in [-0.4, -0.2) is 22.3 Å². The van der Waals surface area contributed by atoms with E-state index in [9.17, 15) is 15.0 Å². The van der Waals surface area contributed by atoms with Gasteiger partial charge in [-0.3, -0.25) is 4.79 Å². The summed E-state index contributed by atoms with van der Waals surface area (Å²) < 4.78 is 0. The highest BCUT2D eigenvalue weighted by atomic mass is 16.3. The van der Waals surface area contributed by atoms with Gasteiger partial charge in [-0.25, -0.2) is 5.43 Å². The van der Waals surface area contributed by atoms with Gasteiger partial charge in [0.2, 0.25) is 0 Å². The Kier molecular flexibility index (Phi) is 7.57. The molecule has 0 aliphatic carbocycles. The topological polar surface area (TPSA) is 81.9 Å². The van der Waals surface area contributed by atoms with E-state index in [4.69, 9.17) is 0 Å². The van der Waals surface area contributed by atoms with Crippen LogP contribution in [0, 0.1) is 0 Å². The molecule has 2 aromatic rings. The van der Waals surface area contributed by atoms with Crippen LogP contribution < -0.4 is 5.43 Å². The minimum Gasteiger partial charge on any atom is -0.507 e. The maximum atomic E-state index is 13.1. The van der Waals surface area contributed by atoms with Gasteiger partial charge in [0.15, 0.2) is 0 Å². The van der Waals surface area contributed by atoms with Gasteiger partial charge >= 0.3 is 0 Å². The molecule has 3 N–H and O–H groups in total. The zero-order valence-corrected chi connectivity index (χ0v) is 23.6. The molecule has 0 spiro atoms. The number of carbonyl (C=O) groups excluding carboxylic acids is 1. The predicted molar refractivity (Wildman–Crippen MR) is 146 cm³/mol. The fourth-order valence-corrected chi connectivity index (χ4v) is 4.01. The molecule has 192 valence electrons. The van der Waals surface area contributed by atoms with E-state index >= 15 is 0 Å². The van der Waals surface area contributed by atoms with Crippen molar-refractivity contribution in [2.75, 3.05) is 0 Å². The Morgan fingerprint density at radius 1 is 0.657 bits per heavy atom. The first-order valence-corrected chi connectivity index (χ1v) is 12.2. The summed E-state index contributed by atoms with van der Waals surface area (Å²) in [5, 5.41) is 26.1. The number of hydrogen-bond donors (Lipinski definition) is 3. The van der Waals surface area contributed by atoms with Crippen LogP contribution in [-0.2, 0) is 21.7 Å². The molecule has 2 aromatic carbocycles. The van der Waals surface area contributed by atoms with E-state index in [1.807, 2.05) is 53.7 Å². The maximum Gasteiger partial charge on any atom is 0.271 e. The molecule has 0 bridgehead atoms. The van der Waals surface area contributed by atoms with E-state index in [1.165, 1.54) is 0 Å². The molecule has 0 fully saturated rings. The summed E-state index contributed by atoms with van der Waals surface area (Å²) in [5.41, 5.74) is 5.84. The number of amides is 1. The van der Waals surface area contributed by atoms with Crippen molar-refractivity contribution < 1.29 is 15.0 Å². The van der Waals surface area contributed by atoms with E-state index in [0.717, 1.165) is 27.8 Å². The minimum absolute atomic E-state index is 0.235. The average molecular weight is 481 g/mol. The van der Waals surface area contributed by atoms with E-state index in [1.54, 1.807) is 18.3 Å². The van der Waals surface area contributed by atoms with Gasteiger partial charge < -0.3 is 10.2 Å². The Morgan fingerprint density at radius 2 is 0.971 bits per heavy atom. The quantitative estimate of drug-likeness (QED) is 0.325. The number of hydrazone groups is 1. The fourth-order valence-electron chi connectivity index (χ4n) is 4.01. The van der Waals surface area contributed by atoms with Gasteiger partial charge in [-0.1, -0.05) is 83.1 Å². The van der Waals surface area contributed by atoms with Crippen molar-refractivity contribution in [2.24, 2.45) is 5.10 Å². The molecular weight excluding hydrogens is 436 g/mol. The van der Waals surface area contributed by atoms with Crippen LogP contribution in [0.25, 0.3) is 0 Å². The van der Waals surface area contributed by atoms with Crippen LogP contribution in [0.1, 0.15) is 121 Å². The summed E-state index contributed by atoms with van der Waals surface area (Å²) in [5.74, 6) is 0.196. The number of rotatable bonds is 3. The van der Waals surface area contributed by atoms with Crippen LogP contribution in [0.3, 0.4) is 0 Å². The average Bonchev–Trinajstić information content (AvgIpc) is 2.65. The fraction of sp³-hybridized carbons (Fsp3) is 0.533. The molecule has 1 amide bonds. The number of benzene rings is 2. The molecule has 0 aliphatic heterocycles. The van der Waals surface area contributed by atoms with Crippen LogP contribution in [0.15, 0.2) is 29.4 Å². The summed E-state index contributed by atoms with van der Waals surface area (Å²) >= 11 is 0. The highest BCUT2D eigenvalue weighted by molar-refractivity contribution is 5.95. The zero-order valence-electron chi connectivity index (χ0n) is 23.6. The van der Waals surface area contributed by atoms with E-state index in [2.05, 4.69) is 52.1 Å². The van der Waals surface area contributed by atoms with Crippen molar-refractivity contribution in [3.8, 4) is 11.5 Å². The van der Waals surface area contributed by atoms with Gasteiger partial charge in [0.05, 0.1) is 6.21 Å². The number of nitrogens with one attached hydrogen (secondary N) is 1. The standard InChI is InChI=1S/C30H44N2O3/c1-27(2,3)20-13-18(14-21(24(20)33)28(4,5)6)17-31-32-26(35)19-15-22(29(7,8)9)25(34)23(16-19)30(10,11)12/h13-17,33-34H,1-12H3,(H,32,35)/b31-17-. The van der Waals surface area contributed by atoms with E-state index in [0.29, 0.717) is 11.3 Å². The van der Waals surface area contributed by atoms with Crippen LogP contribution in [0.5, 0.6) is 11.5 Å². The third-order valence-corrected chi connectivity index (χ3v) is 6.12. The lowest BCUT2D eigenvalue weighted by molar-refractivity contribution is 0.0955. The van der Waals surface area contributed by atoms with Crippen molar-refractivity contribution in [3.63, 3.8) is 0 Å². The highest BCUT2D eigenvalue weighted by Gasteiger charge is 2.28. The first-order valence-electron chi connectivity index (χ1n) is 12.2. The predicted octanol–water partition coefficient (Wildman–Crippen LogP) is 7.05. The number of hydrogen-bond acceptors (Lipinski definition) is 4. The zero-order chi connectivity index (χ0) is 27.1. The number of phenols is 2. The van der Waals surface area contributed by atoms with Gasteiger partial charge in [-0.2, -0.15) is 5.10 Å². The molecule has 0 unspecified atom stereocenters. The molecule has 0 aliphatic rings. The molecule has 5 nitrogen and oxygen atoms in total. The van der Waals surface area contributed by atoms with Crippen molar-refractivity contribution in [2.45, 2.75) is 105 Å². The monoisotopic (exact) mass is 480 g/mol. The first-order chi connectivity index (χ1) is 15.6. The molecule has 0 aromatic heterocycles. The van der Waals surface area contributed by atoms with Crippen LogP contribution in [0.2, 0.25) is 0 Å². The molecule has 5 heteroatoms. The number of phenolic OH excluding ortho intramolecular Hbond substituents is 2. The Hall–Kier alpha value is -2.82. The Bertz CT molecular complexity index is 1060. The van der Waals surface area contributed by atoms with Gasteiger partial charge in [0.1, 0.15) is 11.5 Å². The van der Waals surface area contributed by atoms with E-state index < -0.39 is 0 Å². The van der Waals surface area contributed by atoms with Crippen molar-refractivity contribution >= 4 is 12.1 Å². The smallest absolute Gasteiger partial charge is 0.271 e. The molecule has 0 atom stereocenters. The Labute approximate surface area is 211 Å². The minimum atomic E-state index is -0.344. The summed E-state index contributed by atoms with van der Waals surface area (Å²) in [6.45, 7) is 24.4. The lowest BCUT2D eigenvalue weighted by Crippen LogP contribution is -2.22. The lowest BCUT2D eigenvalue weighted by Gasteiger charge is -2.28. The summed E-state index contributed by atoms with van der Waals surface area (Å²) in [4.78, 5) is 13.1. The Balaban J connectivity index is 2.47. The van der Waals surface area contributed by atoms with Gasteiger partial charge in [0, 0.05) is 27.8 Å². The third-order valence-electron chi connectivity index (χ3n) is 6.12. The van der Waals surface area contributed by atoms with Crippen LogP contribution in [0.4, 0.5) is 0 Å². The number of nitrogens with zero attached hydrogens (tertiary/aromatic N) is 1. The third kappa shape index (κ3) is 6.65. The van der Waals surface area contributed by atoms with Crippen molar-refractivity contribution in [3.05, 3.63) is 57.6 Å². The molecule has 0 heterocycles. The first kappa shape index (κ1) is 28.4. The molecular formula is C30H44N2O3. The molecule has 2 rings (SSSR count). The lowest BCUT2D eigenvalue weighted by atomic mass is 9.78. The SMILES string of the molecule is CC(C)(C)c1cc(/C=N\NC(=O)c2cc(C(C)(C)C)c(O)c(C(C)(C)C)c2)cc(C(C)(C)C)c1O. The molecule has 35 heavy (non-hydrogen) atoms. The molecule has 0 saturated heterocycles. The van der Waals surface area contributed by atoms with Crippen LogP contribution >= 0.6 is 0 Å². The number of aromatic hydroxyl groups is 2. The van der Waals surface area contributed by atoms with Gasteiger partial charge in [-0.05, 0) is 51.5 Å². The Morgan fingerprint density at radius 3 is 1.29 bits per heavy atom. The van der Waals surface area contributed by atoms with Crippen molar-refractivity contribution in [1.29, 1.82) is 0 Å². The van der Waals surface area contributed by atoms with E-state index in [-0.39, 0.29) is 33.3 Å². The second-order valence-electron chi connectivity index (χ2n) is 13.6. The maximum absolute atomic E-state index is 13.1. The van der Waals surface area contributed by atoms with Gasteiger partial charge in [0.25, 0.3) is 5.91 Å². The largest absolute Gasteiger partial charge is 0.507 e. The normalized spacial score (nSPS) is 13.4. The van der Waals surface area contributed by atoms with Crippen molar-refractivity contribution in [1.82, 2.24) is 5.43 Å². The molecule has 0 saturated carbocycles. The van der Waals surface area contributed by atoms with Gasteiger partial charge in [-0.15, -0.1) is 0 Å². The summed E-state index contributed by atoms with van der Waals surface area (Å²) in [6, 6.07) is 7.31. The second-order valence-corrected chi connectivity index (χ2v) is 13.6.